The quantitative estimate of drug-likeness (QED) is 0.871. The van der Waals surface area contributed by atoms with Gasteiger partial charge in [-0.25, -0.2) is 0 Å². The van der Waals surface area contributed by atoms with Crippen molar-refractivity contribution >= 4 is 12.4 Å². The molecule has 4 nitrogen and oxygen atoms in total. The van der Waals surface area contributed by atoms with Crippen LogP contribution in [0.5, 0.6) is 11.5 Å². The Morgan fingerprint density at radius 2 is 1.54 bits per heavy atom. The Morgan fingerprint density at radius 3 is 2.12 bits per heavy atom. The normalized spacial score (nSPS) is 19.1. The standard InChI is InChI=1S/C19H23NO3.ClH/c1-22-18-8-9-19(23-2)15-11-17(21)16(10-14(15)18)20-12-13-6-4-3-5-7-13;/h3-9,16-17,20-21H,10-12H2,1-2H3;1H/t16-,17-;/m0./s1. The van der Waals surface area contributed by atoms with Gasteiger partial charge in [-0.2, -0.15) is 0 Å². The van der Waals surface area contributed by atoms with Crippen molar-refractivity contribution in [2.75, 3.05) is 14.2 Å². The van der Waals surface area contributed by atoms with E-state index in [0.717, 1.165) is 35.6 Å². The molecule has 130 valence electrons. The first-order valence-electron chi connectivity index (χ1n) is 7.91. The highest BCUT2D eigenvalue weighted by Gasteiger charge is 2.30. The van der Waals surface area contributed by atoms with E-state index in [9.17, 15) is 5.11 Å². The molecule has 0 saturated heterocycles. The summed E-state index contributed by atoms with van der Waals surface area (Å²) in [6, 6.07) is 14.1. The van der Waals surface area contributed by atoms with E-state index in [0.29, 0.717) is 6.42 Å². The van der Waals surface area contributed by atoms with Gasteiger partial charge in [-0.05, 0) is 24.1 Å². The molecule has 1 aliphatic rings. The molecule has 0 heterocycles. The fourth-order valence-electron chi connectivity index (χ4n) is 3.24. The summed E-state index contributed by atoms with van der Waals surface area (Å²) in [5.41, 5.74) is 3.39. The largest absolute Gasteiger partial charge is 0.496 e. The van der Waals surface area contributed by atoms with E-state index in [1.807, 2.05) is 30.3 Å². The molecule has 0 amide bonds. The van der Waals surface area contributed by atoms with Crippen molar-refractivity contribution in [3.8, 4) is 11.5 Å². The summed E-state index contributed by atoms with van der Waals surface area (Å²) in [7, 11) is 3.34. The minimum atomic E-state index is -0.438. The number of aliphatic hydroxyl groups excluding tert-OH is 1. The number of ether oxygens (including phenoxy) is 2. The summed E-state index contributed by atoms with van der Waals surface area (Å²) in [5.74, 6) is 1.68. The van der Waals surface area contributed by atoms with Gasteiger partial charge in [-0.15, -0.1) is 12.4 Å². The molecule has 0 spiro atoms. The maximum absolute atomic E-state index is 10.5. The molecule has 0 saturated carbocycles. The lowest BCUT2D eigenvalue weighted by Gasteiger charge is -2.32. The fraction of sp³-hybridized carbons (Fsp3) is 0.368. The third-order valence-electron chi connectivity index (χ3n) is 4.50. The smallest absolute Gasteiger partial charge is 0.122 e. The van der Waals surface area contributed by atoms with Gasteiger partial charge in [-0.1, -0.05) is 30.3 Å². The van der Waals surface area contributed by atoms with Crippen molar-refractivity contribution in [2.24, 2.45) is 0 Å². The topological polar surface area (TPSA) is 50.7 Å². The lowest BCUT2D eigenvalue weighted by Crippen LogP contribution is -2.45. The number of rotatable bonds is 5. The third-order valence-corrected chi connectivity index (χ3v) is 4.50. The Morgan fingerprint density at radius 1 is 0.958 bits per heavy atom. The van der Waals surface area contributed by atoms with Gasteiger partial charge in [0.15, 0.2) is 0 Å². The Hall–Kier alpha value is -1.75. The molecule has 0 bridgehead atoms. The minimum Gasteiger partial charge on any atom is -0.496 e. The first-order valence-corrected chi connectivity index (χ1v) is 7.91. The number of hydrogen-bond acceptors (Lipinski definition) is 4. The van der Waals surface area contributed by atoms with Gasteiger partial charge < -0.3 is 19.9 Å². The van der Waals surface area contributed by atoms with Crippen LogP contribution in [-0.4, -0.2) is 31.5 Å². The molecule has 2 aromatic carbocycles. The predicted molar refractivity (Wildman–Crippen MR) is 97.3 cm³/mol. The monoisotopic (exact) mass is 349 g/mol. The molecule has 0 fully saturated rings. The first-order chi connectivity index (χ1) is 11.2. The first kappa shape index (κ1) is 18.6. The molecule has 0 aliphatic heterocycles. The molecule has 24 heavy (non-hydrogen) atoms. The number of aliphatic hydroxyl groups is 1. The second-order valence-electron chi connectivity index (χ2n) is 5.88. The van der Waals surface area contributed by atoms with Crippen LogP contribution in [0.4, 0.5) is 0 Å². The van der Waals surface area contributed by atoms with Crippen LogP contribution in [0.1, 0.15) is 16.7 Å². The summed E-state index contributed by atoms with van der Waals surface area (Å²) in [6.45, 7) is 0.740. The summed E-state index contributed by atoms with van der Waals surface area (Å²) in [6.07, 6.45) is 0.860. The minimum absolute atomic E-state index is 0. The van der Waals surface area contributed by atoms with Crippen LogP contribution in [0, 0.1) is 0 Å². The number of hydrogen-bond donors (Lipinski definition) is 2. The summed E-state index contributed by atoms with van der Waals surface area (Å²) >= 11 is 0. The Labute approximate surface area is 149 Å². The number of benzene rings is 2. The third kappa shape index (κ3) is 3.83. The molecule has 2 atom stereocenters. The van der Waals surface area contributed by atoms with Gasteiger partial charge in [0, 0.05) is 30.1 Å². The number of methoxy groups -OCH3 is 2. The molecule has 0 unspecified atom stereocenters. The molecule has 3 rings (SSSR count). The molecule has 1 aliphatic carbocycles. The molecule has 2 aromatic rings. The predicted octanol–water partition coefficient (Wildman–Crippen LogP) is 2.74. The summed E-state index contributed by atoms with van der Waals surface area (Å²) < 4.78 is 10.9. The second-order valence-corrected chi connectivity index (χ2v) is 5.88. The van der Waals surface area contributed by atoms with Crippen molar-refractivity contribution in [1.82, 2.24) is 5.32 Å². The van der Waals surface area contributed by atoms with Gasteiger partial charge in [0.1, 0.15) is 11.5 Å². The van der Waals surface area contributed by atoms with Crippen molar-refractivity contribution in [2.45, 2.75) is 31.5 Å². The molecule has 5 heteroatoms. The van der Waals surface area contributed by atoms with Gasteiger partial charge in [0.25, 0.3) is 0 Å². The zero-order valence-corrected chi connectivity index (χ0v) is 14.8. The van der Waals surface area contributed by atoms with E-state index in [2.05, 4.69) is 17.4 Å². The van der Waals surface area contributed by atoms with E-state index < -0.39 is 6.10 Å². The molecule has 2 N–H and O–H groups in total. The van der Waals surface area contributed by atoms with Gasteiger partial charge in [0.2, 0.25) is 0 Å². The van der Waals surface area contributed by atoms with Crippen molar-refractivity contribution in [3.63, 3.8) is 0 Å². The number of fused-ring (bicyclic) bond motifs is 1. The van der Waals surface area contributed by atoms with Crippen LogP contribution in [-0.2, 0) is 19.4 Å². The second kappa shape index (κ2) is 8.38. The maximum Gasteiger partial charge on any atom is 0.122 e. The van der Waals surface area contributed by atoms with Crippen LogP contribution in [0.2, 0.25) is 0 Å². The number of nitrogens with one attached hydrogen (secondary N) is 1. The number of halogens is 1. The van der Waals surface area contributed by atoms with Crippen LogP contribution in [0.15, 0.2) is 42.5 Å². The average Bonchev–Trinajstić information content (AvgIpc) is 2.60. The fourth-order valence-corrected chi connectivity index (χ4v) is 3.24. The zero-order chi connectivity index (χ0) is 16.2. The van der Waals surface area contributed by atoms with E-state index in [1.54, 1.807) is 14.2 Å². The van der Waals surface area contributed by atoms with E-state index in [-0.39, 0.29) is 18.4 Å². The lowest BCUT2D eigenvalue weighted by molar-refractivity contribution is 0.117. The Kier molecular flexibility index (Phi) is 6.49. The lowest BCUT2D eigenvalue weighted by atomic mass is 9.85. The maximum atomic E-state index is 10.5. The van der Waals surface area contributed by atoms with Crippen molar-refractivity contribution in [1.29, 1.82) is 0 Å². The highest BCUT2D eigenvalue weighted by Crippen LogP contribution is 2.36. The Bertz CT molecular complexity index is 663. The summed E-state index contributed by atoms with van der Waals surface area (Å²) in [5, 5.41) is 14.0. The molecular weight excluding hydrogens is 326 g/mol. The SMILES string of the molecule is COc1ccc(OC)c2c1C[C@H](NCc1ccccc1)[C@@H](O)C2.Cl. The Balaban J connectivity index is 0.00000208. The average molecular weight is 350 g/mol. The van der Waals surface area contributed by atoms with Gasteiger partial charge in [0.05, 0.1) is 20.3 Å². The van der Waals surface area contributed by atoms with E-state index in [4.69, 9.17) is 9.47 Å². The summed E-state index contributed by atoms with van der Waals surface area (Å²) in [4.78, 5) is 0. The molecular formula is C19H24ClNO3. The van der Waals surface area contributed by atoms with Crippen molar-refractivity contribution < 1.29 is 14.6 Å². The van der Waals surface area contributed by atoms with E-state index >= 15 is 0 Å². The van der Waals surface area contributed by atoms with Crippen molar-refractivity contribution in [3.05, 3.63) is 59.2 Å². The van der Waals surface area contributed by atoms with Crippen LogP contribution in [0.25, 0.3) is 0 Å². The molecule has 0 radical (unpaired) electrons. The van der Waals surface area contributed by atoms with Gasteiger partial charge >= 0.3 is 0 Å². The highest BCUT2D eigenvalue weighted by molar-refractivity contribution is 5.85. The van der Waals surface area contributed by atoms with Crippen LogP contribution < -0.4 is 14.8 Å². The highest BCUT2D eigenvalue weighted by atomic mass is 35.5. The van der Waals surface area contributed by atoms with Gasteiger partial charge in [-0.3, -0.25) is 0 Å². The van der Waals surface area contributed by atoms with Crippen LogP contribution >= 0.6 is 12.4 Å². The van der Waals surface area contributed by atoms with Crippen LogP contribution in [0.3, 0.4) is 0 Å². The molecule has 0 aromatic heterocycles. The zero-order valence-electron chi connectivity index (χ0n) is 14.0. The van der Waals surface area contributed by atoms with E-state index in [1.165, 1.54) is 5.56 Å².